The van der Waals surface area contributed by atoms with Crippen LogP contribution < -0.4 is 0 Å². The molecule has 0 spiro atoms. The summed E-state index contributed by atoms with van der Waals surface area (Å²) in [5, 5.41) is 0. The molecule has 1 aliphatic rings. The minimum absolute atomic E-state index is 0.00992. The topological polar surface area (TPSA) is 35.5 Å². The first kappa shape index (κ1) is 18.2. The van der Waals surface area contributed by atoms with Gasteiger partial charge in [0.05, 0.1) is 12.2 Å². The van der Waals surface area contributed by atoms with Gasteiger partial charge in [-0.1, -0.05) is 51.9 Å². The maximum absolute atomic E-state index is 11.2. The van der Waals surface area contributed by atoms with Gasteiger partial charge in [0.2, 0.25) is 5.78 Å². The number of carbonyl (C=O) groups is 1. The third-order valence-corrected chi connectivity index (χ3v) is 3.73. The Balaban J connectivity index is 2.42. The maximum Gasteiger partial charge on any atom is 0.205 e. The second kappa shape index (κ2) is 9.23. The molecule has 1 aliphatic heterocycles. The Morgan fingerprint density at radius 2 is 1.71 bits per heavy atom. The van der Waals surface area contributed by atoms with Crippen molar-refractivity contribution in [2.24, 2.45) is 0 Å². The molecule has 1 saturated heterocycles. The van der Waals surface area contributed by atoms with E-state index in [0.717, 1.165) is 6.42 Å². The summed E-state index contributed by atoms with van der Waals surface area (Å²) in [5.41, 5.74) is 0. The van der Waals surface area contributed by atoms with Gasteiger partial charge in [-0.05, 0) is 26.2 Å². The molecule has 0 aromatic heterocycles. The van der Waals surface area contributed by atoms with Crippen LogP contribution in [0.5, 0.6) is 0 Å². The van der Waals surface area contributed by atoms with Gasteiger partial charge in [0.25, 0.3) is 0 Å². The van der Waals surface area contributed by atoms with Crippen LogP contribution >= 0.6 is 0 Å². The molecule has 3 nitrogen and oxygen atoms in total. The van der Waals surface area contributed by atoms with Crippen molar-refractivity contribution in [3.8, 4) is 11.8 Å². The molecule has 21 heavy (non-hydrogen) atoms. The molecular formula is C18H30O3. The zero-order chi connectivity index (χ0) is 15.7. The van der Waals surface area contributed by atoms with Crippen LogP contribution in [0.4, 0.5) is 0 Å². The van der Waals surface area contributed by atoms with Crippen LogP contribution in [0.2, 0.25) is 0 Å². The summed E-state index contributed by atoms with van der Waals surface area (Å²) in [7, 11) is 0. The predicted octanol–water partition coefficient (Wildman–Crippen LogP) is 4.24. The zero-order valence-electron chi connectivity index (χ0n) is 14.0. The highest BCUT2D eigenvalue weighted by molar-refractivity contribution is 5.95. The maximum atomic E-state index is 11.2. The number of Topliss-reactive ketones (excluding diaryl/α,β-unsaturated/α-hetero) is 1. The third-order valence-electron chi connectivity index (χ3n) is 3.73. The van der Waals surface area contributed by atoms with Gasteiger partial charge in [0.15, 0.2) is 5.79 Å². The number of ketones is 1. The fourth-order valence-electron chi connectivity index (χ4n) is 2.61. The van der Waals surface area contributed by atoms with Crippen molar-refractivity contribution in [3.05, 3.63) is 0 Å². The van der Waals surface area contributed by atoms with Gasteiger partial charge in [-0.15, -0.1) is 0 Å². The molecule has 2 atom stereocenters. The lowest BCUT2D eigenvalue weighted by atomic mass is 10.0. The summed E-state index contributed by atoms with van der Waals surface area (Å²) in [6.45, 7) is 7.95. The molecule has 0 radical (unpaired) electrons. The van der Waals surface area contributed by atoms with E-state index in [-0.39, 0.29) is 18.0 Å². The van der Waals surface area contributed by atoms with Crippen molar-refractivity contribution in [3.63, 3.8) is 0 Å². The molecule has 0 N–H and O–H groups in total. The van der Waals surface area contributed by atoms with Crippen LogP contribution in [0.1, 0.15) is 79.1 Å². The van der Waals surface area contributed by atoms with Crippen LogP contribution in [0.3, 0.4) is 0 Å². The number of unbranched alkanes of at least 4 members (excludes halogenated alkanes) is 4. The molecule has 0 saturated carbocycles. The van der Waals surface area contributed by atoms with E-state index in [1.165, 1.54) is 32.1 Å². The SMILES string of the molecule is CCCCCCC[C@H]1OC(C)(C)O[C@@H]1CC#CC(=O)CC. The lowest BCUT2D eigenvalue weighted by Crippen LogP contribution is -2.22. The van der Waals surface area contributed by atoms with Gasteiger partial charge in [0.1, 0.15) is 0 Å². The van der Waals surface area contributed by atoms with E-state index in [9.17, 15) is 4.79 Å². The molecule has 0 aliphatic carbocycles. The third kappa shape index (κ3) is 7.11. The van der Waals surface area contributed by atoms with E-state index < -0.39 is 5.79 Å². The first-order chi connectivity index (χ1) is 9.98. The van der Waals surface area contributed by atoms with Crippen LogP contribution in [0.15, 0.2) is 0 Å². The van der Waals surface area contributed by atoms with E-state index in [1.807, 2.05) is 20.8 Å². The summed E-state index contributed by atoms with van der Waals surface area (Å²) >= 11 is 0. The molecular weight excluding hydrogens is 264 g/mol. The number of carbonyl (C=O) groups excluding carboxylic acids is 1. The summed E-state index contributed by atoms with van der Waals surface area (Å²) in [6.07, 6.45) is 8.45. The normalized spacial score (nSPS) is 23.6. The van der Waals surface area contributed by atoms with Gasteiger partial charge in [-0.3, -0.25) is 4.79 Å². The first-order valence-corrected chi connectivity index (χ1v) is 8.35. The van der Waals surface area contributed by atoms with Gasteiger partial charge in [-0.2, -0.15) is 0 Å². The Labute approximate surface area is 129 Å². The van der Waals surface area contributed by atoms with E-state index in [2.05, 4.69) is 18.8 Å². The molecule has 0 aromatic rings. The lowest BCUT2D eigenvalue weighted by Gasteiger charge is -2.16. The smallest absolute Gasteiger partial charge is 0.205 e. The Morgan fingerprint density at radius 3 is 2.38 bits per heavy atom. The molecule has 0 amide bonds. The van der Waals surface area contributed by atoms with Crippen LogP contribution in [0, 0.1) is 11.8 Å². The van der Waals surface area contributed by atoms with E-state index in [1.54, 1.807) is 0 Å². The zero-order valence-corrected chi connectivity index (χ0v) is 14.0. The Hall–Kier alpha value is -0.850. The highest BCUT2D eigenvalue weighted by atomic mass is 16.7. The van der Waals surface area contributed by atoms with Crippen molar-refractivity contribution in [2.75, 3.05) is 0 Å². The molecule has 1 rings (SSSR count). The second-order valence-corrected chi connectivity index (χ2v) is 6.20. The van der Waals surface area contributed by atoms with E-state index in [0.29, 0.717) is 12.8 Å². The summed E-state index contributed by atoms with van der Waals surface area (Å²) in [5.74, 6) is 5.08. The molecule has 1 fully saturated rings. The Morgan fingerprint density at radius 1 is 1.05 bits per heavy atom. The number of hydrogen-bond donors (Lipinski definition) is 0. The quantitative estimate of drug-likeness (QED) is 0.381. The van der Waals surface area contributed by atoms with Crippen molar-refractivity contribution in [1.82, 2.24) is 0 Å². The standard InChI is InChI=1S/C18H30O3/c1-5-7-8-9-10-13-16-17(21-18(3,4)20-16)14-11-12-15(19)6-2/h16-17H,5-10,13-14H2,1-4H3/t16-,17-/m1/s1. The second-order valence-electron chi connectivity index (χ2n) is 6.20. The molecule has 120 valence electrons. The highest BCUT2D eigenvalue weighted by Gasteiger charge is 2.40. The van der Waals surface area contributed by atoms with Crippen LogP contribution in [-0.2, 0) is 14.3 Å². The van der Waals surface area contributed by atoms with Crippen LogP contribution in [-0.4, -0.2) is 23.8 Å². The average Bonchev–Trinajstić information content (AvgIpc) is 2.73. The van der Waals surface area contributed by atoms with Gasteiger partial charge in [-0.25, -0.2) is 0 Å². The minimum Gasteiger partial charge on any atom is -0.345 e. The van der Waals surface area contributed by atoms with Crippen molar-refractivity contribution < 1.29 is 14.3 Å². The Kier molecular flexibility index (Phi) is 8.00. The van der Waals surface area contributed by atoms with Gasteiger partial charge in [0, 0.05) is 12.8 Å². The summed E-state index contributed by atoms with van der Waals surface area (Å²) < 4.78 is 11.9. The van der Waals surface area contributed by atoms with E-state index in [4.69, 9.17) is 9.47 Å². The molecule has 1 heterocycles. The molecule has 0 aromatic carbocycles. The summed E-state index contributed by atoms with van der Waals surface area (Å²) in [4.78, 5) is 11.2. The van der Waals surface area contributed by atoms with Crippen molar-refractivity contribution in [1.29, 1.82) is 0 Å². The average molecular weight is 294 g/mol. The molecule has 0 unspecified atom stereocenters. The van der Waals surface area contributed by atoms with Crippen LogP contribution in [0.25, 0.3) is 0 Å². The summed E-state index contributed by atoms with van der Waals surface area (Å²) in [6, 6.07) is 0. The number of rotatable bonds is 8. The first-order valence-electron chi connectivity index (χ1n) is 8.35. The van der Waals surface area contributed by atoms with E-state index >= 15 is 0 Å². The van der Waals surface area contributed by atoms with Gasteiger partial charge < -0.3 is 9.47 Å². The largest absolute Gasteiger partial charge is 0.345 e. The van der Waals surface area contributed by atoms with Crippen molar-refractivity contribution >= 4 is 5.78 Å². The highest BCUT2D eigenvalue weighted by Crippen LogP contribution is 2.32. The lowest BCUT2D eigenvalue weighted by molar-refractivity contribution is -0.146. The number of hydrogen-bond acceptors (Lipinski definition) is 3. The Bertz CT molecular complexity index is 376. The fourth-order valence-corrected chi connectivity index (χ4v) is 2.61. The predicted molar refractivity (Wildman–Crippen MR) is 84.9 cm³/mol. The number of ether oxygens (including phenoxy) is 2. The van der Waals surface area contributed by atoms with Crippen molar-refractivity contribution in [2.45, 2.75) is 97.1 Å². The monoisotopic (exact) mass is 294 g/mol. The van der Waals surface area contributed by atoms with Gasteiger partial charge >= 0.3 is 0 Å². The fraction of sp³-hybridized carbons (Fsp3) is 0.833. The minimum atomic E-state index is -0.533. The molecule has 0 bridgehead atoms. The molecule has 3 heteroatoms.